The van der Waals surface area contributed by atoms with Gasteiger partial charge in [-0.05, 0) is 54.9 Å². The third kappa shape index (κ3) is 9.60. The summed E-state index contributed by atoms with van der Waals surface area (Å²) in [7, 11) is 3.45. The number of hydrogen-bond acceptors (Lipinski definition) is 5. The van der Waals surface area contributed by atoms with Gasteiger partial charge in [0.2, 0.25) is 12.3 Å². The smallest absolute Gasteiger partial charge is 0.332 e. The van der Waals surface area contributed by atoms with E-state index in [0.29, 0.717) is 17.5 Å². The van der Waals surface area contributed by atoms with Crippen LogP contribution in [0.25, 0.3) is 0 Å². The Morgan fingerprint density at radius 1 is 1.09 bits per heavy atom. The van der Waals surface area contributed by atoms with Crippen molar-refractivity contribution < 1.29 is 31.9 Å². The quantitative estimate of drug-likeness (QED) is 0.248. The van der Waals surface area contributed by atoms with Crippen LogP contribution < -0.4 is 5.32 Å². The zero-order valence-electron chi connectivity index (χ0n) is 26.2. The van der Waals surface area contributed by atoms with Gasteiger partial charge in [-0.25, -0.2) is 9.40 Å². The topological polar surface area (TPSA) is 76.2 Å². The summed E-state index contributed by atoms with van der Waals surface area (Å²) in [6.07, 6.45) is 1.73. The Labute approximate surface area is 262 Å². The van der Waals surface area contributed by atoms with Crippen LogP contribution in [0.4, 0.5) is 17.6 Å². The number of piperazine rings is 1. The molecule has 3 amide bonds. The molecule has 0 spiro atoms. The summed E-state index contributed by atoms with van der Waals surface area (Å²) in [5.74, 6) is -0.962. The predicted octanol–water partition coefficient (Wildman–Crippen LogP) is 5.15. The van der Waals surface area contributed by atoms with Gasteiger partial charge in [0.1, 0.15) is 18.0 Å². The van der Waals surface area contributed by atoms with E-state index >= 15 is 0 Å². The van der Waals surface area contributed by atoms with E-state index in [-0.39, 0.29) is 31.4 Å². The average molecular weight is 632 g/mol. The molecule has 2 aromatic carbocycles. The Morgan fingerprint density at radius 2 is 1.76 bits per heavy atom. The molecule has 2 heterocycles. The number of amides is 3. The zero-order valence-corrected chi connectivity index (χ0v) is 26.2. The van der Waals surface area contributed by atoms with Gasteiger partial charge in [0.25, 0.3) is 5.91 Å². The largest absolute Gasteiger partial charge is 0.416 e. The molecular formula is C33H41F4N5O3. The Balaban J connectivity index is 0.000000495. The van der Waals surface area contributed by atoms with Crippen molar-refractivity contribution in [2.45, 2.75) is 52.2 Å². The highest BCUT2D eigenvalue weighted by Crippen LogP contribution is 2.32. The number of halogens is 4. The van der Waals surface area contributed by atoms with Gasteiger partial charge in [0.05, 0.1) is 18.7 Å². The normalized spacial score (nSPS) is 19.0. The number of nitrogens with zero attached hydrogens (tertiary/aromatic N) is 4. The van der Waals surface area contributed by atoms with Crippen LogP contribution >= 0.6 is 0 Å². The molecule has 0 bridgehead atoms. The highest BCUT2D eigenvalue weighted by molar-refractivity contribution is 5.93. The maximum atomic E-state index is 13.6. The first-order chi connectivity index (χ1) is 21.4. The van der Waals surface area contributed by atoms with Crippen molar-refractivity contribution in [3.63, 3.8) is 0 Å². The molecule has 0 aliphatic carbocycles. The molecule has 12 heteroatoms. The summed E-state index contributed by atoms with van der Waals surface area (Å²) in [4.78, 5) is 41.1. The SMILES string of the molecule is C=C/C=C(\C=C/C)[C@H]1C(=O)N(Cc2cccc(C(F)(F)F)c2)CC2N1C(=O)CN(C)N2C=O.CC.CNCc1ccc(F)cc1. The predicted molar refractivity (Wildman–Crippen MR) is 165 cm³/mol. The van der Waals surface area contributed by atoms with Gasteiger partial charge in [0, 0.05) is 20.1 Å². The number of likely N-dealkylation sites (N-methyl/N-ethyl adjacent to an activating group) is 1. The first-order valence-electron chi connectivity index (χ1n) is 14.5. The minimum Gasteiger partial charge on any atom is -0.332 e. The van der Waals surface area contributed by atoms with E-state index in [1.807, 2.05) is 20.9 Å². The molecule has 2 saturated heterocycles. The Kier molecular flexibility index (Phi) is 14.2. The molecule has 2 aromatic rings. The fourth-order valence-corrected chi connectivity index (χ4v) is 4.98. The van der Waals surface area contributed by atoms with E-state index in [4.69, 9.17) is 0 Å². The molecule has 4 rings (SSSR count). The highest BCUT2D eigenvalue weighted by atomic mass is 19.4. The minimum atomic E-state index is -4.51. The molecule has 0 saturated carbocycles. The summed E-state index contributed by atoms with van der Waals surface area (Å²) < 4.78 is 51.8. The van der Waals surface area contributed by atoms with Crippen molar-refractivity contribution in [3.8, 4) is 0 Å². The van der Waals surface area contributed by atoms with Crippen molar-refractivity contribution in [3.05, 3.63) is 107 Å². The molecule has 0 aromatic heterocycles. The van der Waals surface area contributed by atoms with E-state index in [9.17, 15) is 31.9 Å². The second-order valence-electron chi connectivity index (χ2n) is 9.96. The molecule has 1 N–H and O–H groups in total. The van der Waals surface area contributed by atoms with Crippen LogP contribution in [0, 0.1) is 5.82 Å². The van der Waals surface area contributed by atoms with Crippen LogP contribution in [-0.4, -0.2) is 77.4 Å². The summed E-state index contributed by atoms with van der Waals surface area (Å²) >= 11 is 0. The lowest BCUT2D eigenvalue weighted by Crippen LogP contribution is -2.74. The van der Waals surface area contributed by atoms with Crippen LogP contribution in [0.3, 0.4) is 0 Å². The maximum Gasteiger partial charge on any atom is 0.416 e. The fraction of sp³-hybridized carbons (Fsp3) is 0.364. The van der Waals surface area contributed by atoms with Crippen LogP contribution in [-0.2, 0) is 33.6 Å². The standard InChI is InChI=1S/C23H25F3N4O3.C8H10FN.C2H6/c1-4-7-17(8-5-2)21-22(33)28(12-16-9-6-10-18(11-16)23(24,25)26)13-19-29(15-31)27(3)14-20(32)30(19)21;1-10-6-7-2-4-8(9)5-3-7;1-2/h4-11,15,19,21H,1,12-14H2,2-3H3;2-5,10H,6H2,1H3;1-2H3/b8-5-,17-7+;;/t19?,21-;;/m0../s1. The number of nitrogens with one attached hydrogen (secondary N) is 1. The maximum absolute atomic E-state index is 13.6. The number of hydrogen-bond donors (Lipinski definition) is 1. The van der Waals surface area contributed by atoms with Gasteiger partial charge in [-0.1, -0.05) is 69.0 Å². The van der Waals surface area contributed by atoms with Crippen LogP contribution in [0.15, 0.2) is 85.0 Å². The van der Waals surface area contributed by atoms with Gasteiger partial charge >= 0.3 is 6.18 Å². The van der Waals surface area contributed by atoms with Gasteiger partial charge in [-0.15, -0.1) is 0 Å². The number of fused-ring (bicyclic) bond motifs is 1. The molecule has 2 fully saturated rings. The lowest BCUT2D eigenvalue weighted by atomic mass is 9.97. The van der Waals surface area contributed by atoms with Crippen LogP contribution in [0.2, 0.25) is 0 Å². The number of benzene rings is 2. The fourth-order valence-electron chi connectivity index (χ4n) is 4.98. The summed E-state index contributed by atoms with van der Waals surface area (Å²) in [6, 6.07) is 10.2. The van der Waals surface area contributed by atoms with Crippen molar-refractivity contribution in [1.82, 2.24) is 25.1 Å². The summed E-state index contributed by atoms with van der Waals surface area (Å²) in [6.45, 7) is 9.97. The monoisotopic (exact) mass is 631 g/mol. The molecule has 45 heavy (non-hydrogen) atoms. The second kappa shape index (κ2) is 17.3. The van der Waals surface area contributed by atoms with Crippen molar-refractivity contribution in [2.75, 3.05) is 27.2 Å². The molecule has 244 valence electrons. The lowest BCUT2D eigenvalue weighted by molar-refractivity contribution is -0.194. The summed E-state index contributed by atoms with van der Waals surface area (Å²) in [5.41, 5.74) is 1.06. The molecular weight excluding hydrogens is 590 g/mol. The molecule has 2 aliphatic heterocycles. The summed E-state index contributed by atoms with van der Waals surface area (Å²) in [5, 5.41) is 5.76. The molecule has 0 radical (unpaired) electrons. The van der Waals surface area contributed by atoms with E-state index in [1.54, 1.807) is 44.3 Å². The number of alkyl halides is 3. The van der Waals surface area contributed by atoms with Crippen molar-refractivity contribution >= 4 is 18.2 Å². The lowest BCUT2D eigenvalue weighted by Gasteiger charge is -2.53. The van der Waals surface area contributed by atoms with Gasteiger partial charge in [-0.2, -0.15) is 13.2 Å². The van der Waals surface area contributed by atoms with Gasteiger partial charge in [-0.3, -0.25) is 19.4 Å². The number of hydrazine groups is 1. The number of carbonyl (C=O) groups excluding carboxylic acids is 3. The van der Waals surface area contributed by atoms with Crippen molar-refractivity contribution in [1.29, 1.82) is 0 Å². The first-order valence-corrected chi connectivity index (χ1v) is 14.5. The highest BCUT2D eigenvalue weighted by Gasteiger charge is 2.49. The second-order valence-corrected chi connectivity index (χ2v) is 9.96. The van der Waals surface area contributed by atoms with Crippen LogP contribution in [0.1, 0.15) is 37.5 Å². The molecule has 8 nitrogen and oxygen atoms in total. The van der Waals surface area contributed by atoms with E-state index < -0.39 is 29.9 Å². The molecule has 1 unspecified atom stereocenters. The zero-order chi connectivity index (χ0) is 33.7. The van der Waals surface area contributed by atoms with Crippen molar-refractivity contribution in [2.24, 2.45) is 0 Å². The van der Waals surface area contributed by atoms with Crippen LogP contribution in [0.5, 0.6) is 0 Å². The number of allylic oxidation sites excluding steroid dienone is 3. The van der Waals surface area contributed by atoms with Gasteiger partial charge in [0.15, 0.2) is 0 Å². The van der Waals surface area contributed by atoms with E-state index in [1.165, 1.54) is 50.2 Å². The number of rotatable bonds is 8. The third-order valence-electron chi connectivity index (χ3n) is 6.90. The van der Waals surface area contributed by atoms with E-state index in [0.717, 1.165) is 24.2 Å². The van der Waals surface area contributed by atoms with Gasteiger partial charge < -0.3 is 15.1 Å². The first kappa shape index (κ1) is 36.9. The number of carbonyl (C=O) groups is 3. The molecule has 2 aliphatic rings. The third-order valence-corrected chi connectivity index (χ3v) is 6.90. The Morgan fingerprint density at radius 3 is 2.31 bits per heavy atom. The Hall–Kier alpha value is -4.29. The Bertz CT molecular complexity index is 1360. The molecule has 2 atom stereocenters. The van der Waals surface area contributed by atoms with E-state index in [2.05, 4.69) is 11.9 Å². The average Bonchev–Trinajstić information content (AvgIpc) is 3.00. The minimum absolute atomic E-state index is 0.0440.